The summed E-state index contributed by atoms with van der Waals surface area (Å²) < 4.78 is 1.77. The number of amides is 1. The molecule has 1 amide bonds. The highest BCUT2D eigenvalue weighted by atomic mass is 16.6. The van der Waals surface area contributed by atoms with Crippen LogP contribution in [-0.2, 0) is 0 Å². The Kier molecular flexibility index (Phi) is 3.44. The van der Waals surface area contributed by atoms with Crippen LogP contribution in [0.4, 0.5) is 5.69 Å². The lowest BCUT2D eigenvalue weighted by Crippen LogP contribution is -2.49. The van der Waals surface area contributed by atoms with Gasteiger partial charge in [-0.1, -0.05) is 6.92 Å². The molecule has 21 heavy (non-hydrogen) atoms. The van der Waals surface area contributed by atoms with Crippen LogP contribution in [0.2, 0.25) is 0 Å². The molecule has 1 aliphatic heterocycles. The molecular weight excluding hydrogens is 272 g/mol. The summed E-state index contributed by atoms with van der Waals surface area (Å²) in [6.07, 6.45) is 4.34. The number of hydrogen-bond acceptors (Lipinski definition) is 4. The van der Waals surface area contributed by atoms with E-state index in [0.29, 0.717) is 24.7 Å². The molecule has 1 aromatic heterocycles. The molecule has 1 saturated carbocycles. The van der Waals surface area contributed by atoms with Gasteiger partial charge in [-0.15, -0.1) is 0 Å². The third-order valence-electron chi connectivity index (χ3n) is 4.18. The van der Waals surface area contributed by atoms with Crippen molar-refractivity contribution in [3.05, 3.63) is 28.1 Å². The van der Waals surface area contributed by atoms with E-state index in [9.17, 15) is 14.9 Å². The molecule has 0 radical (unpaired) electrons. The van der Waals surface area contributed by atoms with E-state index in [4.69, 9.17) is 5.73 Å². The highest BCUT2D eigenvalue weighted by Gasteiger charge is 2.34. The Morgan fingerprint density at radius 1 is 1.43 bits per heavy atom. The molecule has 3 rings (SSSR count). The number of nitrogens with zero attached hydrogens (tertiary/aromatic N) is 3. The number of piperidine rings is 1. The molecule has 2 fully saturated rings. The lowest BCUT2D eigenvalue weighted by Gasteiger charge is -2.34. The van der Waals surface area contributed by atoms with Crippen molar-refractivity contribution < 1.29 is 9.72 Å². The van der Waals surface area contributed by atoms with Crippen molar-refractivity contribution in [3.63, 3.8) is 0 Å². The van der Waals surface area contributed by atoms with Crippen molar-refractivity contribution in [3.8, 4) is 0 Å². The largest absolute Gasteiger partial charge is 0.336 e. The highest BCUT2D eigenvalue weighted by molar-refractivity contribution is 5.93. The second-order valence-electron chi connectivity index (χ2n) is 6.29. The van der Waals surface area contributed by atoms with Gasteiger partial charge in [0.1, 0.15) is 5.69 Å². The normalized spacial score (nSPS) is 25.9. The first-order valence-electron chi connectivity index (χ1n) is 7.37. The number of aromatic nitrogens is 1. The van der Waals surface area contributed by atoms with Crippen molar-refractivity contribution in [1.82, 2.24) is 9.47 Å². The number of hydrogen-bond donors (Lipinski definition) is 1. The number of nitrogens with two attached hydrogens (primary N) is 1. The number of rotatable bonds is 3. The molecule has 0 spiro atoms. The first-order chi connectivity index (χ1) is 9.95. The van der Waals surface area contributed by atoms with E-state index in [0.717, 1.165) is 19.3 Å². The summed E-state index contributed by atoms with van der Waals surface area (Å²) in [4.78, 5) is 25.0. The van der Waals surface area contributed by atoms with Gasteiger partial charge in [-0.2, -0.15) is 0 Å². The fourth-order valence-corrected chi connectivity index (χ4v) is 3.12. The van der Waals surface area contributed by atoms with Crippen LogP contribution in [0.3, 0.4) is 0 Å². The zero-order valence-electron chi connectivity index (χ0n) is 12.1. The predicted molar refractivity (Wildman–Crippen MR) is 77.0 cm³/mol. The molecule has 114 valence electrons. The van der Waals surface area contributed by atoms with E-state index in [1.54, 1.807) is 9.47 Å². The highest BCUT2D eigenvalue weighted by Crippen LogP contribution is 2.38. The topological polar surface area (TPSA) is 94.4 Å². The van der Waals surface area contributed by atoms with Crippen molar-refractivity contribution in [2.75, 3.05) is 13.1 Å². The van der Waals surface area contributed by atoms with Crippen LogP contribution < -0.4 is 5.73 Å². The SMILES string of the molecule is CC1CC(N)CN(C(=O)c2cc([N+](=O)[O-])cn2C2CC2)C1. The van der Waals surface area contributed by atoms with Crippen LogP contribution in [0, 0.1) is 16.0 Å². The van der Waals surface area contributed by atoms with Gasteiger partial charge in [0.2, 0.25) is 0 Å². The number of carbonyl (C=O) groups is 1. The fourth-order valence-electron chi connectivity index (χ4n) is 3.12. The van der Waals surface area contributed by atoms with E-state index < -0.39 is 4.92 Å². The maximum Gasteiger partial charge on any atom is 0.287 e. The molecule has 1 saturated heterocycles. The van der Waals surface area contributed by atoms with Gasteiger partial charge in [-0.25, -0.2) is 0 Å². The average Bonchev–Trinajstić information content (AvgIpc) is 3.15. The number of likely N-dealkylation sites (tertiary alicyclic amines) is 1. The molecule has 2 heterocycles. The molecule has 2 N–H and O–H groups in total. The summed E-state index contributed by atoms with van der Waals surface area (Å²) >= 11 is 0. The zero-order chi connectivity index (χ0) is 15.1. The molecule has 2 aliphatic rings. The van der Waals surface area contributed by atoms with Gasteiger partial charge >= 0.3 is 0 Å². The summed E-state index contributed by atoms with van der Waals surface area (Å²) in [5.74, 6) is 0.217. The van der Waals surface area contributed by atoms with Gasteiger partial charge < -0.3 is 15.2 Å². The van der Waals surface area contributed by atoms with E-state index in [2.05, 4.69) is 6.92 Å². The molecule has 1 aliphatic carbocycles. The van der Waals surface area contributed by atoms with Crippen molar-refractivity contribution in [2.45, 2.75) is 38.3 Å². The fraction of sp³-hybridized carbons (Fsp3) is 0.643. The first kappa shape index (κ1) is 14.1. The first-order valence-corrected chi connectivity index (χ1v) is 7.37. The van der Waals surface area contributed by atoms with Crippen LogP contribution in [0.25, 0.3) is 0 Å². The molecule has 2 atom stereocenters. The molecule has 7 heteroatoms. The van der Waals surface area contributed by atoms with Crippen molar-refractivity contribution in [1.29, 1.82) is 0 Å². The molecule has 7 nitrogen and oxygen atoms in total. The monoisotopic (exact) mass is 292 g/mol. The average molecular weight is 292 g/mol. The van der Waals surface area contributed by atoms with Crippen LogP contribution in [-0.4, -0.2) is 39.4 Å². The Morgan fingerprint density at radius 2 is 2.14 bits per heavy atom. The predicted octanol–water partition coefficient (Wildman–Crippen LogP) is 1.54. The molecule has 1 aromatic rings. The lowest BCUT2D eigenvalue weighted by atomic mass is 9.96. The van der Waals surface area contributed by atoms with Gasteiger partial charge in [-0.05, 0) is 25.2 Å². The summed E-state index contributed by atoms with van der Waals surface area (Å²) in [5, 5.41) is 11.0. The maximum atomic E-state index is 12.7. The Balaban J connectivity index is 1.88. The molecule has 0 aromatic carbocycles. The van der Waals surface area contributed by atoms with Gasteiger partial charge in [0.05, 0.1) is 11.1 Å². The number of nitro groups is 1. The Morgan fingerprint density at radius 3 is 2.71 bits per heavy atom. The minimum atomic E-state index is -0.444. The van der Waals surface area contributed by atoms with Crippen molar-refractivity contribution >= 4 is 11.6 Å². The zero-order valence-corrected chi connectivity index (χ0v) is 12.1. The minimum absolute atomic E-state index is 0.0143. The Labute approximate surface area is 122 Å². The van der Waals surface area contributed by atoms with E-state index in [1.165, 1.54) is 12.3 Å². The summed E-state index contributed by atoms with van der Waals surface area (Å²) in [5.41, 5.74) is 6.39. The minimum Gasteiger partial charge on any atom is -0.336 e. The number of carbonyl (C=O) groups excluding carboxylic acids is 1. The smallest absolute Gasteiger partial charge is 0.287 e. The summed E-state index contributed by atoms with van der Waals surface area (Å²) in [7, 11) is 0. The van der Waals surface area contributed by atoms with Crippen LogP contribution in [0.5, 0.6) is 0 Å². The standard InChI is InChI=1S/C14H20N4O3/c1-9-4-10(15)7-16(6-9)14(19)13-5-12(18(20)21)8-17(13)11-2-3-11/h5,8-11H,2-4,6-7,15H2,1H3. The molecule has 0 bridgehead atoms. The maximum absolute atomic E-state index is 12.7. The third-order valence-corrected chi connectivity index (χ3v) is 4.18. The molecule has 2 unspecified atom stereocenters. The quantitative estimate of drug-likeness (QED) is 0.675. The van der Waals surface area contributed by atoms with E-state index >= 15 is 0 Å². The Bertz CT molecular complexity index is 569. The van der Waals surface area contributed by atoms with Gasteiger partial charge in [-0.3, -0.25) is 14.9 Å². The van der Waals surface area contributed by atoms with E-state index in [-0.39, 0.29) is 23.7 Å². The van der Waals surface area contributed by atoms with Gasteiger partial charge in [0, 0.05) is 31.2 Å². The van der Waals surface area contributed by atoms with Crippen molar-refractivity contribution in [2.24, 2.45) is 11.7 Å². The van der Waals surface area contributed by atoms with Gasteiger partial charge in [0.15, 0.2) is 0 Å². The van der Waals surface area contributed by atoms with Gasteiger partial charge in [0.25, 0.3) is 11.6 Å². The summed E-state index contributed by atoms with van der Waals surface area (Å²) in [6.45, 7) is 3.25. The molecular formula is C14H20N4O3. The Hall–Kier alpha value is -1.89. The second-order valence-corrected chi connectivity index (χ2v) is 6.29. The second kappa shape index (κ2) is 5.14. The van der Waals surface area contributed by atoms with Crippen LogP contribution >= 0.6 is 0 Å². The van der Waals surface area contributed by atoms with Crippen LogP contribution in [0.1, 0.15) is 42.7 Å². The lowest BCUT2D eigenvalue weighted by molar-refractivity contribution is -0.384. The van der Waals surface area contributed by atoms with E-state index in [1.807, 2.05) is 0 Å². The summed E-state index contributed by atoms with van der Waals surface area (Å²) in [6, 6.07) is 1.61. The van der Waals surface area contributed by atoms with Crippen LogP contribution in [0.15, 0.2) is 12.3 Å². The third kappa shape index (κ3) is 2.78.